The Balaban J connectivity index is 2.49. The highest BCUT2D eigenvalue weighted by Gasteiger charge is 2.40. The van der Waals surface area contributed by atoms with E-state index in [2.05, 4.69) is 10.3 Å². The van der Waals surface area contributed by atoms with Gasteiger partial charge in [-0.25, -0.2) is 13.8 Å². The number of halogens is 4. The normalized spacial score (nSPS) is 12.7. The molecule has 0 aliphatic rings. The molecule has 1 N–H and O–H groups in total. The second-order valence-corrected chi connectivity index (χ2v) is 4.05. The van der Waals surface area contributed by atoms with Crippen LogP contribution in [-0.2, 0) is 6.54 Å². The van der Waals surface area contributed by atoms with E-state index in [1.165, 1.54) is 6.20 Å². The van der Waals surface area contributed by atoms with Crippen molar-refractivity contribution in [2.75, 3.05) is 6.54 Å². The quantitative estimate of drug-likeness (QED) is 0.789. The summed E-state index contributed by atoms with van der Waals surface area (Å²) < 4.78 is 50.7. The number of nitrogens with zero attached hydrogens (tertiary/aromatic N) is 2. The fourth-order valence-electron chi connectivity index (χ4n) is 1.37. The zero-order valence-corrected chi connectivity index (χ0v) is 9.63. The molecule has 0 saturated heterocycles. The van der Waals surface area contributed by atoms with E-state index in [0.717, 1.165) is 0 Å². The fourth-order valence-corrected chi connectivity index (χ4v) is 1.37. The van der Waals surface area contributed by atoms with Crippen molar-refractivity contribution in [2.24, 2.45) is 0 Å². The van der Waals surface area contributed by atoms with E-state index in [-0.39, 0.29) is 12.6 Å². The Hall–Kier alpha value is -1.11. The molecule has 3 nitrogen and oxygen atoms in total. The van der Waals surface area contributed by atoms with Crippen LogP contribution in [-0.4, -0.2) is 28.4 Å². The summed E-state index contributed by atoms with van der Waals surface area (Å²) in [6, 6.07) is 0.143. The van der Waals surface area contributed by atoms with Crippen LogP contribution in [0.5, 0.6) is 0 Å². The van der Waals surface area contributed by atoms with Crippen LogP contribution in [0.4, 0.5) is 17.6 Å². The molecule has 0 fully saturated rings. The van der Waals surface area contributed by atoms with Gasteiger partial charge in [0.05, 0.1) is 18.6 Å². The van der Waals surface area contributed by atoms with E-state index in [0.29, 0.717) is 5.69 Å². The van der Waals surface area contributed by atoms with Gasteiger partial charge in [-0.05, 0) is 13.8 Å². The van der Waals surface area contributed by atoms with E-state index < -0.39 is 18.9 Å². The molecular formula is C10H15F4N3. The van der Waals surface area contributed by atoms with Crippen LogP contribution >= 0.6 is 0 Å². The van der Waals surface area contributed by atoms with Crippen LogP contribution in [0.25, 0.3) is 0 Å². The van der Waals surface area contributed by atoms with Crippen molar-refractivity contribution in [1.29, 1.82) is 0 Å². The van der Waals surface area contributed by atoms with E-state index in [1.54, 1.807) is 10.9 Å². The van der Waals surface area contributed by atoms with Crippen LogP contribution in [0.2, 0.25) is 0 Å². The molecule has 0 radical (unpaired) electrons. The lowest BCUT2D eigenvalue weighted by Gasteiger charge is -2.17. The number of hydrogen-bond acceptors (Lipinski definition) is 2. The predicted octanol–water partition coefficient (Wildman–Crippen LogP) is 2.45. The van der Waals surface area contributed by atoms with Gasteiger partial charge >= 0.3 is 12.3 Å². The second-order valence-electron chi connectivity index (χ2n) is 4.05. The van der Waals surface area contributed by atoms with Gasteiger partial charge in [-0.2, -0.15) is 8.78 Å². The van der Waals surface area contributed by atoms with Crippen molar-refractivity contribution >= 4 is 0 Å². The Morgan fingerprint density at radius 2 is 2.06 bits per heavy atom. The first-order valence-corrected chi connectivity index (χ1v) is 5.22. The monoisotopic (exact) mass is 253 g/mol. The molecule has 7 heteroatoms. The highest BCUT2D eigenvalue weighted by Crippen LogP contribution is 2.21. The molecule has 1 rings (SSSR count). The molecule has 0 saturated carbocycles. The Morgan fingerprint density at radius 3 is 2.59 bits per heavy atom. The number of nitrogens with one attached hydrogen (secondary N) is 1. The standard InChI is InChI=1S/C10H15F4N3/c1-7(2)17-6-16-4-8(17)3-15-5-10(13,14)9(11)12/h4,6-7,9,15H,3,5H2,1-2H3. The van der Waals surface area contributed by atoms with Gasteiger partial charge in [-0.1, -0.05) is 0 Å². The molecule has 0 aromatic carbocycles. The lowest BCUT2D eigenvalue weighted by atomic mass is 10.3. The number of alkyl halides is 4. The van der Waals surface area contributed by atoms with Gasteiger partial charge in [0.1, 0.15) is 0 Å². The number of imidazole rings is 1. The van der Waals surface area contributed by atoms with Crippen LogP contribution < -0.4 is 5.32 Å². The van der Waals surface area contributed by atoms with Crippen LogP contribution in [0, 0.1) is 0 Å². The third kappa shape index (κ3) is 3.69. The molecule has 0 aliphatic heterocycles. The van der Waals surface area contributed by atoms with Gasteiger partial charge in [-0.15, -0.1) is 0 Å². The van der Waals surface area contributed by atoms with E-state index in [4.69, 9.17) is 0 Å². The lowest BCUT2D eigenvalue weighted by molar-refractivity contribution is -0.125. The maximum Gasteiger partial charge on any atom is 0.319 e. The zero-order chi connectivity index (χ0) is 13.1. The van der Waals surface area contributed by atoms with Gasteiger partial charge in [0.15, 0.2) is 0 Å². The summed E-state index contributed by atoms with van der Waals surface area (Å²) in [5, 5.41) is 2.31. The second kappa shape index (κ2) is 5.48. The molecule has 1 heterocycles. The zero-order valence-electron chi connectivity index (χ0n) is 9.63. The molecule has 0 bridgehead atoms. The minimum Gasteiger partial charge on any atom is -0.331 e. The third-order valence-corrected chi connectivity index (χ3v) is 2.29. The molecule has 0 unspecified atom stereocenters. The Labute approximate surface area is 96.8 Å². The van der Waals surface area contributed by atoms with Crippen molar-refractivity contribution in [3.8, 4) is 0 Å². The smallest absolute Gasteiger partial charge is 0.319 e. The van der Waals surface area contributed by atoms with Gasteiger partial charge in [0.2, 0.25) is 0 Å². The van der Waals surface area contributed by atoms with Gasteiger partial charge in [0.25, 0.3) is 0 Å². The molecule has 98 valence electrons. The van der Waals surface area contributed by atoms with Crippen molar-refractivity contribution in [3.05, 3.63) is 18.2 Å². The maximum atomic E-state index is 12.6. The number of aromatic nitrogens is 2. The van der Waals surface area contributed by atoms with Crippen molar-refractivity contribution < 1.29 is 17.6 Å². The first kappa shape index (κ1) is 14.0. The third-order valence-electron chi connectivity index (χ3n) is 2.29. The summed E-state index contributed by atoms with van der Waals surface area (Å²) in [6.45, 7) is 2.87. The Kier molecular flexibility index (Phi) is 4.50. The van der Waals surface area contributed by atoms with Gasteiger partial charge in [0, 0.05) is 18.8 Å². The van der Waals surface area contributed by atoms with Gasteiger partial charge in [-0.3, -0.25) is 0 Å². The molecule has 1 aromatic heterocycles. The molecule has 0 aliphatic carbocycles. The fraction of sp³-hybridized carbons (Fsp3) is 0.700. The molecule has 0 atom stereocenters. The van der Waals surface area contributed by atoms with Crippen molar-refractivity contribution in [1.82, 2.24) is 14.9 Å². The molecule has 0 spiro atoms. The Morgan fingerprint density at radius 1 is 1.41 bits per heavy atom. The van der Waals surface area contributed by atoms with E-state index >= 15 is 0 Å². The summed E-state index contributed by atoms with van der Waals surface area (Å²) in [6.07, 6.45) is -0.550. The summed E-state index contributed by atoms with van der Waals surface area (Å²) in [5.41, 5.74) is 0.685. The minimum atomic E-state index is -4.00. The van der Waals surface area contributed by atoms with E-state index in [9.17, 15) is 17.6 Å². The molecular weight excluding hydrogens is 238 g/mol. The summed E-state index contributed by atoms with van der Waals surface area (Å²) >= 11 is 0. The lowest BCUT2D eigenvalue weighted by Crippen LogP contribution is -2.38. The number of rotatable bonds is 6. The molecule has 0 amide bonds. The average molecular weight is 253 g/mol. The first-order chi connectivity index (χ1) is 7.84. The minimum absolute atomic E-state index is 0.0838. The predicted molar refractivity (Wildman–Crippen MR) is 55.3 cm³/mol. The average Bonchev–Trinajstić information content (AvgIpc) is 2.65. The van der Waals surface area contributed by atoms with Crippen LogP contribution in [0.15, 0.2) is 12.5 Å². The highest BCUT2D eigenvalue weighted by molar-refractivity contribution is 4.99. The van der Waals surface area contributed by atoms with Crippen molar-refractivity contribution in [3.63, 3.8) is 0 Å². The van der Waals surface area contributed by atoms with Crippen LogP contribution in [0.3, 0.4) is 0 Å². The van der Waals surface area contributed by atoms with Gasteiger partial charge < -0.3 is 9.88 Å². The molecule has 17 heavy (non-hydrogen) atoms. The number of hydrogen-bond donors (Lipinski definition) is 1. The summed E-state index contributed by atoms with van der Waals surface area (Å²) in [7, 11) is 0. The van der Waals surface area contributed by atoms with Crippen LogP contribution in [0.1, 0.15) is 25.6 Å². The molecule has 1 aromatic rings. The highest BCUT2D eigenvalue weighted by atomic mass is 19.3. The SMILES string of the molecule is CC(C)n1cncc1CNCC(F)(F)C(F)F. The summed E-state index contributed by atoms with van der Waals surface area (Å²) in [5.74, 6) is -4.00. The first-order valence-electron chi connectivity index (χ1n) is 5.22. The maximum absolute atomic E-state index is 12.6. The van der Waals surface area contributed by atoms with E-state index in [1.807, 2.05) is 13.8 Å². The topological polar surface area (TPSA) is 29.9 Å². The summed E-state index contributed by atoms with van der Waals surface area (Å²) in [4.78, 5) is 3.88. The Bertz CT molecular complexity index is 349. The van der Waals surface area contributed by atoms with Crippen molar-refractivity contribution in [2.45, 2.75) is 38.8 Å². The largest absolute Gasteiger partial charge is 0.331 e.